The Kier molecular flexibility index (Phi) is 5.02. The lowest BCUT2D eigenvalue weighted by Crippen LogP contribution is -2.26. The van der Waals surface area contributed by atoms with Crippen molar-refractivity contribution in [3.05, 3.63) is 52.9 Å². The number of rotatable bonds is 4. The Labute approximate surface area is 186 Å². The standard InChI is InChI=1S/C22H22BrFN6O/c23-15-8-12-3-1-11(7-16(12)29-21(15)26)2-4-13-9-17(18(24)19(13)31)30-6-5-14-20(25)27-10-28-22(14)30/h1,3,5-8,10,13,17-19,31H,2,4,9H2,(H2,26,29)(H2,25,27,28)/t13-,17+,18-,19+/m0/s1. The predicted octanol–water partition coefficient (Wildman–Crippen LogP) is 3.80. The average Bonchev–Trinajstić information content (AvgIpc) is 3.30. The molecule has 1 aliphatic carbocycles. The molecule has 1 aromatic carbocycles. The van der Waals surface area contributed by atoms with Crippen molar-refractivity contribution in [2.45, 2.75) is 37.6 Å². The molecule has 0 aliphatic heterocycles. The number of pyridine rings is 1. The Balaban J connectivity index is 1.34. The van der Waals surface area contributed by atoms with E-state index in [4.69, 9.17) is 11.5 Å². The number of hydrogen-bond donors (Lipinski definition) is 3. The number of aliphatic hydroxyl groups is 1. The van der Waals surface area contributed by atoms with Gasteiger partial charge in [-0.3, -0.25) is 0 Å². The average molecular weight is 485 g/mol. The number of nitrogen functional groups attached to an aromatic ring is 2. The van der Waals surface area contributed by atoms with Gasteiger partial charge in [0.2, 0.25) is 0 Å². The monoisotopic (exact) mass is 484 g/mol. The summed E-state index contributed by atoms with van der Waals surface area (Å²) in [5, 5.41) is 12.3. The van der Waals surface area contributed by atoms with Crippen molar-refractivity contribution in [2.24, 2.45) is 5.92 Å². The molecule has 5 N–H and O–H groups in total. The van der Waals surface area contributed by atoms with E-state index in [9.17, 15) is 5.11 Å². The van der Waals surface area contributed by atoms with Crippen molar-refractivity contribution in [1.82, 2.24) is 19.5 Å². The van der Waals surface area contributed by atoms with Crippen LogP contribution in [0, 0.1) is 5.92 Å². The summed E-state index contributed by atoms with van der Waals surface area (Å²) in [6.07, 6.45) is 2.69. The molecule has 0 spiro atoms. The molecule has 1 fully saturated rings. The van der Waals surface area contributed by atoms with E-state index in [-0.39, 0.29) is 5.92 Å². The molecule has 0 unspecified atom stereocenters. The van der Waals surface area contributed by atoms with E-state index in [0.29, 0.717) is 35.5 Å². The van der Waals surface area contributed by atoms with Crippen LogP contribution in [0.4, 0.5) is 16.0 Å². The van der Waals surface area contributed by atoms with Crippen molar-refractivity contribution < 1.29 is 9.50 Å². The summed E-state index contributed by atoms with van der Waals surface area (Å²) < 4.78 is 17.6. The van der Waals surface area contributed by atoms with E-state index < -0.39 is 18.3 Å². The van der Waals surface area contributed by atoms with Crippen molar-refractivity contribution >= 4 is 49.5 Å². The molecule has 4 aromatic rings. The van der Waals surface area contributed by atoms with Crippen molar-refractivity contribution in [2.75, 3.05) is 11.5 Å². The second-order valence-corrected chi connectivity index (χ2v) is 8.99. The molecular weight excluding hydrogens is 463 g/mol. The SMILES string of the molecule is Nc1nc2cc(CC[C@H]3C[C@@H](n4ccc5c(N)ncnc54)[C@H](F)[C@@H]3O)ccc2cc1Br. The molecule has 3 aromatic heterocycles. The van der Waals surface area contributed by atoms with E-state index in [1.165, 1.54) is 6.33 Å². The minimum Gasteiger partial charge on any atom is -0.390 e. The lowest BCUT2D eigenvalue weighted by atomic mass is 9.95. The van der Waals surface area contributed by atoms with E-state index in [2.05, 4.69) is 30.9 Å². The summed E-state index contributed by atoms with van der Waals surface area (Å²) in [7, 11) is 0. The largest absolute Gasteiger partial charge is 0.390 e. The number of nitrogens with zero attached hydrogens (tertiary/aromatic N) is 4. The Bertz CT molecular complexity index is 1280. The van der Waals surface area contributed by atoms with Crippen molar-refractivity contribution in [3.63, 3.8) is 0 Å². The zero-order valence-corrected chi connectivity index (χ0v) is 18.2. The Morgan fingerprint density at radius 1 is 1.16 bits per heavy atom. The van der Waals surface area contributed by atoms with Crippen LogP contribution in [-0.2, 0) is 6.42 Å². The topological polar surface area (TPSA) is 116 Å². The fraction of sp³-hybridized carbons (Fsp3) is 0.318. The number of halogens is 2. The highest BCUT2D eigenvalue weighted by atomic mass is 79.9. The van der Waals surface area contributed by atoms with Crippen molar-refractivity contribution in [3.8, 4) is 0 Å². The first kappa shape index (κ1) is 20.1. The molecule has 3 heterocycles. The summed E-state index contributed by atoms with van der Waals surface area (Å²) in [6.45, 7) is 0. The number of aromatic nitrogens is 4. The maximum absolute atomic E-state index is 15.1. The zero-order chi connectivity index (χ0) is 21.7. The molecule has 31 heavy (non-hydrogen) atoms. The third kappa shape index (κ3) is 3.51. The molecule has 160 valence electrons. The van der Waals surface area contributed by atoms with Crippen LogP contribution in [-0.4, -0.2) is 36.9 Å². The lowest BCUT2D eigenvalue weighted by Gasteiger charge is -2.17. The van der Waals surface area contributed by atoms with Crippen LogP contribution in [0.3, 0.4) is 0 Å². The Morgan fingerprint density at radius 2 is 2.00 bits per heavy atom. The van der Waals surface area contributed by atoms with E-state index in [1.807, 2.05) is 24.3 Å². The van der Waals surface area contributed by atoms with Gasteiger partial charge >= 0.3 is 0 Å². The third-order valence-electron chi connectivity index (χ3n) is 6.28. The molecule has 9 heteroatoms. The molecule has 0 saturated heterocycles. The predicted molar refractivity (Wildman–Crippen MR) is 122 cm³/mol. The van der Waals surface area contributed by atoms with E-state index in [1.54, 1.807) is 16.8 Å². The number of aryl methyl sites for hydroxylation is 1. The lowest BCUT2D eigenvalue weighted by molar-refractivity contribution is 0.0574. The van der Waals surface area contributed by atoms with Gasteiger partial charge in [-0.2, -0.15) is 0 Å². The van der Waals surface area contributed by atoms with Gasteiger partial charge in [0.05, 0.1) is 27.5 Å². The first-order valence-corrected chi connectivity index (χ1v) is 11.0. The summed E-state index contributed by atoms with van der Waals surface area (Å²) in [4.78, 5) is 12.7. The van der Waals surface area contributed by atoms with Gasteiger partial charge in [0.15, 0.2) is 0 Å². The molecule has 0 radical (unpaired) electrons. The summed E-state index contributed by atoms with van der Waals surface area (Å²) in [5.74, 6) is 0.657. The van der Waals surface area contributed by atoms with Gasteiger partial charge in [-0.15, -0.1) is 0 Å². The fourth-order valence-corrected chi connectivity index (χ4v) is 4.93. The van der Waals surface area contributed by atoms with E-state index in [0.717, 1.165) is 27.4 Å². The summed E-state index contributed by atoms with van der Waals surface area (Å²) in [5.41, 5.74) is 14.3. The van der Waals surface area contributed by atoms with Gasteiger partial charge in [-0.05, 0) is 64.9 Å². The minimum absolute atomic E-state index is 0.157. The van der Waals surface area contributed by atoms with E-state index >= 15 is 4.39 Å². The van der Waals surface area contributed by atoms with Gasteiger partial charge in [0, 0.05) is 11.6 Å². The molecule has 0 bridgehead atoms. The molecular formula is C22H22BrFN6O. The molecule has 1 aliphatic rings. The van der Waals surface area contributed by atoms with Crippen LogP contribution < -0.4 is 11.5 Å². The summed E-state index contributed by atoms with van der Waals surface area (Å²) in [6, 6.07) is 9.30. The highest BCUT2D eigenvalue weighted by Gasteiger charge is 2.43. The zero-order valence-electron chi connectivity index (χ0n) is 16.6. The Hall–Kier alpha value is -2.78. The van der Waals surface area contributed by atoms with Gasteiger partial charge in [0.1, 0.15) is 29.8 Å². The van der Waals surface area contributed by atoms with Gasteiger partial charge in [-0.1, -0.05) is 12.1 Å². The van der Waals surface area contributed by atoms with Crippen LogP contribution >= 0.6 is 15.9 Å². The number of benzene rings is 1. The maximum Gasteiger partial charge on any atom is 0.147 e. The molecule has 5 rings (SSSR count). The van der Waals surface area contributed by atoms with Crippen LogP contribution in [0.25, 0.3) is 21.9 Å². The van der Waals surface area contributed by atoms with Gasteiger partial charge < -0.3 is 21.1 Å². The molecule has 1 saturated carbocycles. The van der Waals surface area contributed by atoms with Gasteiger partial charge in [-0.25, -0.2) is 19.3 Å². The number of anilines is 2. The number of aliphatic hydroxyl groups excluding tert-OH is 1. The highest BCUT2D eigenvalue weighted by molar-refractivity contribution is 9.10. The van der Waals surface area contributed by atoms with Gasteiger partial charge in [0.25, 0.3) is 0 Å². The van der Waals surface area contributed by atoms with Crippen molar-refractivity contribution in [1.29, 1.82) is 0 Å². The number of nitrogens with two attached hydrogens (primary N) is 2. The second kappa shape index (κ2) is 7.72. The third-order valence-corrected chi connectivity index (χ3v) is 6.92. The van der Waals surface area contributed by atoms with Crippen LogP contribution in [0.15, 0.2) is 47.3 Å². The smallest absolute Gasteiger partial charge is 0.147 e. The Morgan fingerprint density at radius 3 is 2.84 bits per heavy atom. The molecule has 0 amide bonds. The highest BCUT2D eigenvalue weighted by Crippen LogP contribution is 2.41. The fourth-order valence-electron chi connectivity index (χ4n) is 4.59. The number of fused-ring (bicyclic) bond motifs is 2. The first-order chi connectivity index (χ1) is 14.9. The quantitative estimate of drug-likeness (QED) is 0.405. The normalized spacial score (nSPS) is 23.7. The number of alkyl halides is 1. The maximum atomic E-state index is 15.1. The second-order valence-electron chi connectivity index (χ2n) is 8.14. The van der Waals surface area contributed by atoms with Crippen LogP contribution in [0.1, 0.15) is 24.4 Å². The first-order valence-electron chi connectivity index (χ1n) is 10.2. The molecule has 4 atom stereocenters. The number of hydrogen-bond acceptors (Lipinski definition) is 6. The minimum atomic E-state index is -1.37. The summed E-state index contributed by atoms with van der Waals surface area (Å²) >= 11 is 3.40. The van der Waals surface area contributed by atoms with Crippen LogP contribution in [0.2, 0.25) is 0 Å². The van der Waals surface area contributed by atoms with Crippen LogP contribution in [0.5, 0.6) is 0 Å². The molecule has 7 nitrogen and oxygen atoms in total.